The van der Waals surface area contributed by atoms with Gasteiger partial charge >= 0.3 is 0 Å². The van der Waals surface area contributed by atoms with Crippen molar-refractivity contribution < 1.29 is 9.59 Å². The molecule has 118 valence electrons. The van der Waals surface area contributed by atoms with E-state index in [4.69, 9.17) is 0 Å². The molecule has 4 nitrogen and oxygen atoms in total. The van der Waals surface area contributed by atoms with Crippen molar-refractivity contribution in [1.82, 2.24) is 10.2 Å². The van der Waals surface area contributed by atoms with E-state index in [0.717, 1.165) is 11.1 Å². The smallest absolute Gasteiger partial charge is 0.255 e. The number of nitrogens with one attached hydrogen (secondary N) is 1. The first-order valence-corrected chi connectivity index (χ1v) is 7.78. The van der Waals surface area contributed by atoms with Crippen LogP contribution >= 0.6 is 0 Å². The first-order valence-electron chi connectivity index (χ1n) is 7.78. The highest BCUT2D eigenvalue weighted by Crippen LogP contribution is 2.24. The molecular weight excluding hydrogens is 288 g/mol. The summed E-state index contributed by atoms with van der Waals surface area (Å²) in [6, 6.07) is 15.1. The number of rotatable bonds is 4. The molecule has 0 bridgehead atoms. The van der Waals surface area contributed by atoms with Crippen LogP contribution in [0, 0.1) is 6.92 Å². The minimum atomic E-state index is -0.486. The number of fused-ring (bicyclic) bond motifs is 1. The molecule has 0 spiro atoms. The van der Waals surface area contributed by atoms with Gasteiger partial charge in [0.1, 0.15) is 6.04 Å². The van der Waals surface area contributed by atoms with Crippen LogP contribution in [0.15, 0.2) is 48.5 Å². The minimum Gasteiger partial charge on any atom is -0.350 e. The molecule has 4 heteroatoms. The first-order chi connectivity index (χ1) is 11.1. The topological polar surface area (TPSA) is 49.4 Å². The maximum absolute atomic E-state index is 12.4. The van der Waals surface area contributed by atoms with Gasteiger partial charge in [0.25, 0.3) is 5.91 Å². The molecule has 2 aromatic rings. The van der Waals surface area contributed by atoms with Gasteiger partial charge in [-0.1, -0.05) is 48.0 Å². The number of benzene rings is 2. The van der Waals surface area contributed by atoms with E-state index >= 15 is 0 Å². The van der Waals surface area contributed by atoms with Gasteiger partial charge in [0.2, 0.25) is 5.91 Å². The fraction of sp³-hybridized carbons (Fsp3) is 0.263. The third kappa shape index (κ3) is 3.11. The Morgan fingerprint density at radius 1 is 1.17 bits per heavy atom. The highest BCUT2D eigenvalue weighted by Gasteiger charge is 2.33. The van der Waals surface area contributed by atoms with Crippen molar-refractivity contribution in [2.24, 2.45) is 0 Å². The average Bonchev–Trinajstić information content (AvgIpc) is 2.90. The van der Waals surface area contributed by atoms with E-state index in [1.165, 1.54) is 5.56 Å². The highest BCUT2D eigenvalue weighted by atomic mass is 16.2. The summed E-state index contributed by atoms with van der Waals surface area (Å²) in [6.07, 6.45) is 0. The van der Waals surface area contributed by atoms with Crippen molar-refractivity contribution in [3.8, 4) is 0 Å². The van der Waals surface area contributed by atoms with Crippen LogP contribution in [0.5, 0.6) is 0 Å². The van der Waals surface area contributed by atoms with Crippen LogP contribution in [0.4, 0.5) is 0 Å². The van der Waals surface area contributed by atoms with E-state index in [1.807, 2.05) is 55.5 Å². The summed E-state index contributed by atoms with van der Waals surface area (Å²) in [5.41, 5.74) is 3.92. The van der Waals surface area contributed by atoms with Crippen molar-refractivity contribution in [1.29, 1.82) is 0 Å². The molecule has 1 N–H and O–H groups in total. The Morgan fingerprint density at radius 3 is 2.57 bits per heavy atom. The predicted octanol–water partition coefficient (Wildman–Crippen LogP) is 2.66. The second-order valence-electron chi connectivity index (χ2n) is 5.97. The Labute approximate surface area is 136 Å². The lowest BCUT2D eigenvalue weighted by molar-refractivity contribution is -0.125. The van der Waals surface area contributed by atoms with Gasteiger partial charge in [0.05, 0.1) is 0 Å². The molecule has 0 aromatic heterocycles. The lowest BCUT2D eigenvalue weighted by Crippen LogP contribution is -2.45. The lowest BCUT2D eigenvalue weighted by Gasteiger charge is -2.23. The molecule has 0 aliphatic carbocycles. The van der Waals surface area contributed by atoms with Crippen LogP contribution in [0.2, 0.25) is 0 Å². The second kappa shape index (κ2) is 6.24. The van der Waals surface area contributed by atoms with Gasteiger partial charge in [-0.2, -0.15) is 0 Å². The van der Waals surface area contributed by atoms with E-state index in [-0.39, 0.29) is 11.8 Å². The van der Waals surface area contributed by atoms with Gasteiger partial charge < -0.3 is 10.2 Å². The van der Waals surface area contributed by atoms with Gasteiger partial charge in [-0.25, -0.2) is 0 Å². The Balaban J connectivity index is 1.62. The first kappa shape index (κ1) is 15.3. The van der Waals surface area contributed by atoms with Gasteiger partial charge in [-0.15, -0.1) is 0 Å². The number of hydrogen-bond acceptors (Lipinski definition) is 2. The summed E-state index contributed by atoms with van der Waals surface area (Å²) in [6.45, 7) is 4.77. The van der Waals surface area contributed by atoms with Crippen LogP contribution in [0.1, 0.15) is 34.0 Å². The molecule has 1 heterocycles. The average molecular weight is 308 g/mol. The third-order valence-electron chi connectivity index (χ3n) is 4.28. The van der Waals surface area contributed by atoms with E-state index in [9.17, 15) is 9.59 Å². The molecule has 3 rings (SSSR count). The number of carbonyl (C=O) groups excluding carboxylic acids is 2. The van der Waals surface area contributed by atoms with E-state index in [1.54, 1.807) is 11.8 Å². The molecule has 0 saturated heterocycles. The quantitative estimate of drug-likeness (QED) is 0.944. The molecule has 0 radical (unpaired) electrons. The van der Waals surface area contributed by atoms with Gasteiger partial charge in [-0.3, -0.25) is 9.59 Å². The lowest BCUT2D eigenvalue weighted by atomic mass is 10.1. The Kier molecular flexibility index (Phi) is 4.15. The Morgan fingerprint density at radius 2 is 1.87 bits per heavy atom. The predicted molar refractivity (Wildman–Crippen MR) is 88.8 cm³/mol. The molecule has 1 aliphatic heterocycles. The van der Waals surface area contributed by atoms with Crippen LogP contribution < -0.4 is 5.32 Å². The van der Waals surface area contributed by atoms with E-state index < -0.39 is 6.04 Å². The molecule has 23 heavy (non-hydrogen) atoms. The van der Waals surface area contributed by atoms with E-state index in [2.05, 4.69) is 5.32 Å². The van der Waals surface area contributed by atoms with Crippen LogP contribution in [-0.4, -0.2) is 22.8 Å². The summed E-state index contributed by atoms with van der Waals surface area (Å²) in [5, 5.41) is 2.91. The number of carbonyl (C=O) groups is 2. The minimum absolute atomic E-state index is 0.0708. The largest absolute Gasteiger partial charge is 0.350 e. The molecule has 0 saturated carbocycles. The summed E-state index contributed by atoms with van der Waals surface area (Å²) in [7, 11) is 0. The summed E-state index contributed by atoms with van der Waals surface area (Å²) in [4.78, 5) is 26.4. The third-order valence-corrected chi connectivity index (χ3v) is 4.28. The molecule has 1 atom stereocenters. The SMILES string of the molecule is Cc1ccc(CNC(=O)C(C)N2Cc3ccccc3C2=O)cc1. The second-order valence-corrected chi connectivity index (χ2v) is 5.97. The summed E-state index contributed by atoms with van der Waals surface area (Å²) < 4.78 is 0. The van der Waals surface area contributed by atoms with Crippen molar-refractivity contribution in [3.63, 3.8) is 0 Å². The Hall–Kier alpha value is -2.62. The number of aryl methyl sites for hydroxylation is 1. The van der Waals surface area contributed by atoms with Crippen molar-refractivity contribution in [3.05, 3.63) is 70.8 Å². The van der Waals surface area contributed by atoms with E-state index in [0.29, 0.717) is 18.7 Å². The maximum Gasteiger partial charge on any atom is 0.255 e. The molecule has 2 aromatic carbocycles. The van der Waals surface area contributed by atoms with Gasteiger partial charge in [0.15, 0.2) is 0 Å². The number of hydrogen-bond donors (Lipinski definition) is 1. The molecule has 1 unspecified atom stereocenters. The van der Waals surface area contributed by atoms with Crippen molar-refractivity contribution >= 4 is 11.8 Å². The summed E-state index contributed by atoms with van der Waals surface area (Å²) >= 11 is 0. The monoisotopic (exact) mass is 308 g/mol. The molecular formula is C19H20N2O2. The molecule has 1 aliphatic rings. The number of nitrogens with zero attached hydrogens (tertiary/aromatic N) is 1. The zero-order valence-electron chi connectivity index (χ0n) is 13.4. The van der Waals surface area contributed by atoms with Gasteiger partial charge in [0, 0.05) is 18.7 Å². The van der Waals surface area contributed by atoms with Crippen molar-refractivity contribution in [2.45, 2.75) is 33.0 Å². The van der Waals surface area contributed by atoms with Gasteiger partial charge in [-0.05, 0) is 31.0 Å². The van der Waals surface area contributed by atoms with Crippen molar-refractivity contribution in [2.75, 3.05) is 0 Å². The highest BCUT2D eigenvalue weighted by molar-refractivity contribution is 6.00. The number of amides is 2. The molecule has 0 fully saturated rings. The zero-order chi connectivity index (χ0) is 16.4. The molecule has 2 amide bonds. The normalized spacial score (nSPS) is 14.5. The van der Waals surface area contributed by atoms with Crippen LogP contribution in [0.25, 0.3) is 0 Å². The zero-order valence-corrected chi connectivity index (χ0v) is 13.4. The summed E-state index contributed by atoms with van der Waals surface area (Å²) in [5.74, 6) is -0.203. The maximum atomic E-state index is 12.4. The standard InChI is InChI=1S/C19H20N2O2/c1-13-7-9-15(10-8-13)11-20-18(22)14(2)21-12-16-5-3-4-6-17(16)19(21)23/h3-10,14H,11-12H2,1-2H3,(H,20,22). The fourth-order valence-corrected chi connectivity index (χ4v) is 2.77. The van der Waals surface area contributed by atoms with Crippen LogP contribution in [0.3, 0.4) is 0 Å². The van der Waals surface area contributed by atoms with Crippen LogP contribution in [-0.2, 0) is 17.9 Å². The fourth-order valence-electron chi connectivity index (χ4n) is 2.77. The Bertz CT molecular complexity index is 737.